The Morgan fingerprint density at radius 2 is 1.97 bits per heavy atom. The zero-order valence-electron chi connectivity index (χ0n) is 19.9. The van der Waals surface area contributed by atoms with Crippen LogP contribution in [0.3, 0.4) is 0 Å². The van der Waals surface area contributed by atoms with E-state index in [0.717, 1.165) is 40.9 Å². The summed E-state index contributed by atoms with van der Waals surface area (Å²) in [5.74, 6) is 0.501. The fourth-order valence-electron chi connectivity index (χ4n) is 4.44. The molecule has 1 aliphatic rings. The first-order chi connectivity index (χ1) is 15.6. The molecular formula is C25H32ClN7. The monoisotopic (exact) mass is 465 g/mol. The molecule has 0 saturated heterocycles. The molecule has 2 aromatic heterocycles. The van der Waals surface area contributed by atoms with E-state index in [-0.39, 0.29) is 0 Å². The SMILES string of the molecule is Cc1cccc2c(-c3nc(C4(N)C=CC(N(C)CCN(C)C)=C(N)C4)ncc3Cl)cn(C)c12. The van der Waals surface area contributed by atoms with Crippen molar-refractivity contribution in [2.45, 2.75) is 18.9 Å². The summed E-state index contributed by atoms with van der Waals surface area (Å²) >= 11 is 6.58. The van der Waals surface area contributed by atoms with Gasteiger partial charge in [0.25, 0.3) is 0 Å². The smallest absolute Gasteiger partial charge is 0.153 e. The van der Waals surface area contributed by atoms with Crippen molar-refractivity contribution in [3.8, 4) is 11.3 Å². The molecule has 1 unspecified atom stereocenters. The molecule has 0 radical (unpaired) electrons. The largest absolute Gasteiger partial charge is 0.400 e. The van der Waals surface area contributed by atoms with Gasteiger partial charge in [-0.1, -0.05) is 35.9 Å². The average Bonchev–Trinajstić information content (AvgIpc) is 3.10. The number of allylic oxidation sites excluding steroid dienone is 1. The summed E-state index contributed by atoms with van der Waals surface area (Å²) in [6.45, 7) is 3.90. The maximum atomic E-state index is 6.79. The number of aromatic nitrogens is 3. The number of halogens is 1. The number of fused-ring (bicyclic) bond motifs is 1. The lowest BCUT2D eigenvalue weighted by Gasteiger charge is -2.32. The van der Waals surface area contributed by atoms with Crippen molar-refractivity contribution in [1.29, 1.82) is 0 Å². The third-order valence-electron chi connectivity index (χ3n) is 6.26. The molecule has 1 aliphatic carbocycles. The first-order valence-electron chi connectivity index (χ1n) is 11.0. The molecule has 4 rings (SSSR count). The highest BCUT2D eigenvalue weighted by atomic mass is 35.5. The summed E-state index contributed by atoms with van der Waals surface area (Å²) in [6.07, 6.45) is 8.05. The first-order valence-corrected chi connectivity index (χ1v) is 11.4. The van der Waals surface area contributed by atoms with E-state index >= 15 is 0 Å². The predicted octanol–water partition coefficient (Wildman–Crippen LogP) is 3.37. The van der Waals surface area contributed by atoms with E-state index in [4.69, 9.17) is 28.1 Å². The Labute approximate surface area is 200 Å². The molecule has 0 saturated carbocycles. The number of rotatable bonds is 6. The second kappa shape index (κ2) is 8.82. The highest BCUT2D eigenvalue weighted by molar-refractivity contribution is 6.33. The van der Waals surface area contributed by atoms with Crippen LogP contribution in [0.1, 0.15) is 17.8 Å². The number of hydrogen-bond acceptors (Lipinski definition) is 6. The molecule has 0 amide bonds. The molecule has 174 valence electrons. The van der Waals surface area contributed by atoms with E-state index in [2.05, 4.69) is 58.7 Å². The minimum atomic E-state index is -0.907. The number of likely N-dealkylation sites (N-methyl/N-ethyl adjacent to an activating group) is 2. The summed E-state index contributed by atoms with van der Waals surface area (Å²) in [5.41, 5.74) is 18.1. The van der Waals surface area contributed by atoms with Crippen LogP contribution in [0.5, 0.6) is 0 Å². The zero-order valence-corrected chi connectivity index (χ0v) is 20.7. The van der Waals surface area contributed by atoms with Gasteiger partial charge in [-0.3, -0.25) is 0 Å². The average molecular weight is 466 g/mol. The van der Waals surface area contributed by atoms with Crippen molar-refractivity contribution in [3.05, 3.63) is 70.5 Å². The van der Waals surface area contributed by atoms with E-state index in [9.17, 15) is 0 Å². The van der Waals surface area contributed by atoms with Crippen molar-refractivity contribution in [2.24, 2.45) is 18.5 Å². The van der Waals surface area contributed by atoms with Crippen LogP contribution < -0.4 is 11.5 Å². The number of nitrogens with zero attached hydrogens (tertiary/aromatic N) is 5. The standard InChI is InChI=1S/C25H32ClN7/c1-16-7-6-8-17-18(15-33(5)23(16)17)22-19(26)14-29-24(30-22)25(28)10-9-21(20(27)13-25)32(4)12-11-31(2)3/h6-10,14-15H,11-13,27-28H2,1-5H3. The van der Waals surface area contributed by atoms with Gasteiger partial charge < -0.3 is 25.8 Å². The zero-order chi connectivity index (χ0) is 23.9. The van der Waals surface area contributed by atoms with Gasteiger partial charge in [-0.25, -0.2) is 9.97 Å². The summed E-state index contributed by atoms with van der Waals surface area (Å²) in [7, 11) is 8.18. The molecule has 8 heteroatoms. The summed E-state index contributed by atoms with van der Waals surface area (Å²) < 4.78 is 2.10. The quantitative estimate of drug-likeness (QED) is 0.580. The Morgan fingerprint density at radius 3 is 2.67 bits per heavy atom. The topological polar surface area (TPSA) is 89.2 Å². The molecule has 0 bridgehead atoms. The van der Waals surface area contributed by atoms with Gasteiger partial charge >= 0.3 is 0 Å². The number of aryl methyl sites for hydroxylation is 2. The Kier molecular flexibility index (Phi) is 6.22. The van der Waals surface area contributed by atoms with Gasteiger partial charge in [0, 0.05) is 62.6 Å². The molecule has 33 heavy (non-hydrogen) atoms. The van der Waals surface area contributed by atoms with E-state index in [1.165, 1.54) is 5.56 Å². The van der Waals surface area contributed by atoms with Gasteiger partial charge in [0.05, 0.1) is 21.9 Å². The molecule has 0 spiro atoms. The van der Waals surface area contributed by atoms with Gasteiger partial charge in [0.15, 0.2) is 5.82 Å². The van der Waals surface area contributed by atoms with Crippen molar-refractivity contribution < 1.29 is 0 Å². The Hall–Kier alpha value is -2.87. The fraction of sp³-hybridized carbons (Fsp3) is 0.360. The molecule has 3 aromatic rings. The van der Waals surface area contributed by atoms with Crippen LogP contribution in [0, 0.1) is 6.92 Å². The summed E-state index contributed by atoms with van der Waals surface area (Å²) in [4.78, 5) is 13.7. The third-order valence-corrected chi connectivity index (χ3v) is 6.54. The van der Waals surface area contributed by atoms with E-state index in [0.29, 0.717) is 23.0 Å². The van der Waals surface area contributed by atoms with Crippen LogP contribution in [0.2, 0.25) is 5.02 Å². The number of hydrogen-bond donors (Lipinski definition) is 2. The van der Waals surface area contributed by atoms with Gasteiger partial charge in [-0.15, -0.1) is 0 Å². The highest BCUT2D eigenvalue weighted by Crippen LogP contribution is 2.37. The van der Waals surface area contributed by atoms with Crippen LogP contribution >= 0.6 is 11.6 Å². The lowest BCUT2D eigenvalue weighted by molar-refractivity contribution is 0.325. The number of benzene rings is 1. The maximum Gasteiger partial charge on any atom is 0.153 e. The predicted molar refractivity (Wildman–Crippen MR) is 136 cm³/mol. The second-order valence-corrected chi connectivity index (χ2v) is 9.61. The minimum absolute atomic E-state index is 0.431. The van der Waals surface area contributed by atoms with E-state index in [1.807, 2.05) is 32.3 Å². The molecular weight excluding hydrogens is 434 g/mol. The minimum Gasteiger partial charge on any atom is -0.400 e. The Balaban J connectivity index is 1.70. The van der Waals surface area contributed by atoms with Crippen molar-refractivity contribution >= 4 is 22.5 Å². The third kappa shape index (κ3) is 4.36. The molecule has 1 atom stereocenters. The molecule has 0 aliphatic heterocycles. The van der Waals surface area contributed by atoms with Crippen LogP contribution in [0.25, 0.3) is 22.2 Å². The van der Waals surface area contributed by atoms with Crippen molar-refractivity contribution in [1.82, 2.24) is 24.3 Å². The molecule has 0 fully saturated rings. The van der Waals surface area contributed by atoms with Crippen molar-refractivity contribution in [3.63, 3.8) is 0 Å². The van der Waals surface area contributed by atoms with Crippen LogP contribution in [0.4, 0.5) is 0 Å². The van der Waals surface area contributed by atoms with Gasteiger partial charge in [-0.2, -0.15) is 0 Å². The van der Waals surface area contributed by atoms with E-state index in [1.54, 1.807) is 6.20 Å². The lowest BCUT2D eigenvalue weighted by Crippen LogP contribution is -2.41. The van der Waals surface area contributed by atoms with Gasteiger partial charge in [0.2, 0.25) is 0 Å². The highest BCUT2D eigenvalue weighted by Gasteiger charge is 2.33. The summed E-state index contributed by atoms with van der Waals surface area (Å²) in [5, 5.41) is 1.59. The van der Waals surface area contributed by atoms with Crippen LogP contribution in [-0.2, 0) is 12.6 Å². The van der Waals surface area contributed by atoms with Crippen molar-refractivity contribution in [2.75, 3.05) is 34.2 Å². The maximum absolute atomic E-state index is 6.79. The molecule has 7 nitrogen and oxygen atoms in total. The lowest BCUT2D eigenvalue weighted by atomic mass is 9.88. The van der Waals surface area contributed by atoms with Gasteiger partial charge in [-0.05, 0) is 32.7 Å². The normalized spacial score (nSPS) is 18.5. The number of para-hydroxylation sites is 1. The van der Waals surface area contributed by atoms with Gasteiger partial charge in [0.1, 0.15) is 5.54 Å². The molecule has 1 aromatic carbocycles. The second-order valence-electron chi connectivity index (χ2n) is 9.20. The van der Waals surface area contributed by atoms with E-state index < -0.39 is 5.54 Å². The fourth-order valence-corrected chi connectivity index (χ4v) is 4.63. The Morgan fingerprint density at radius 1 is 1.21 bits per heavy atom. The van der Waals surface area contributed by atoms with Crippen LogP contribution in [-0.4, -0.2) is 58.6 Å². The van der Waals surface area contributed by atoms with Crippen LogP contribution in [0.15, 0.2) is 54.1 Å². The Bertz CT molecular complexity index is 1260. The first kappa shape index (κ1) is 23.3. The number of nitrogens with two attached hydrogens (primary N) is 2. The molecule has 2 heterocycles. The summed E-state index contributed by atoms with van der Waals surface area (Å²) in [6, 6.07) is 6.24. The molecule has 4 N–H and O–H groups in total.